The van der Waals surface area contributed by atoms with Crippen molar-refractivity contribution in [3.05, 3.63) is 84.1 Å². The van der Waals surface area contributed by atoms with E-state index in [0.29, 0.717) is 0 Å². The molecule has 0 unspecified atom stereocenters. The van der Waals surface area contributed by atoms with Crippen LogP contribution < -0.4 is 4.90 Å². The van der Waals surface area contributed by atoms with Crippen LogP contribution in [-0.2, 0) is 0 Å². The van der Waals surface area contributed by atoms with Crippen LogP contribution in [0.5, 0.6) is 0 Å². The van der Waals surface area contributed by atoms with E-state index in [4.69, 9.17) is 0 Å². The zero-order valence-corrected chi connectivity index (χ0v) is 12.4. The number of allylic oxidation sites excluding steroid dienone is 5. The fourth-order valence-corrected chi connectivity index (χ4v) is 2.88. The Morgan fingerprint density at radius 1 is 0.864 bits per heavy atom. The van der Waals surface area contributed by atoms with E-state index in [1.54, 1.807) is 0 Å². The highest BCUT2D eigenvalue weighted by atomic mass is 15.1. The van der Waals surface area contributed by atoms with E-state index in [1.165, 1.54) is 22.4 Å². The first-order chi connectivity index (χ1) is 10.8. The van der Waals surface area contributed by atoms with Gasteiger partial charge in [0.05, 0.1) is 5.69 Å². The normalized spacial score (nSPS) is 18.9. The minimum atomic E-state index is 1.05. The SMILES string of the molecule is CN1C=CC(=CC=C2C=Nc3ccccc32)c2ccccc21. The summed E-state index contributed by atoms with van der Waals surface area (Å²) in [4.78, 5) is 6.60. The molecule has 0 spiro atoms. The lowest BCUT2D eigenvalue weighted by molar-refractivity contribution is 1.18. The average Bonchev–Trinajstić information content (AvgIpc) is 2.98. The Balaban J connectivity index is 1.75. The number of hydrogen-bond donors (Lipinski definition) is 0. The molecular weight excluding hydrogens is 268 g/mol. The Bertz CT molecular complexity index is 854. The van der Waals surface area contributed by atoms with E-state index >= 15 is 0 Å². The Kier molecular flexibility index (Phi) is 3.01. The predicted molar refractivity (Wildman–Crippen MR) is 94.5 cm³/mol. The third kappa shape index (κ3) is 2.09. The van der Waals surface area contributed by atoms with Crippen molar-refractivity contribution in [3.63, 3.8) is 0 Å². The largest absolute Gasteiger partial charge is 0.351 e. The molecule has 2 heterocycles. The van der Waals surface area contributed by atoms with Gasteiger partial charge in [0.1, 0.15) is 0 Å². The summed E-state index contributed by atoms with van der Waals surface area (Å²) in [5.41, 5.74) is 7.12. The maximum absolute atomic E-state index is 4.45. The van der Waals surface area contributed by atoms with E-state index in [0.717, 1.165) is 11.3 Å². The first-order valence-corrected chi connectivity index (χ1v) is 7.39. The van der Waals surface area contributed by atoms with Gasteiger partial charge in [0.15, 0.2) is 0 Å². The molecule has 0 radical (unpaired) electrons. The summed E-state index contributed by atoms with van der Waals surface area (Å²) in [5, 5.41) is 0. The summed E-state index contributed by atoms with van der Waals surface area (Å²) in [6, 6.07) is 16.7. The molecule has 2 aromatic rings. The molecule has 0 saturated carbocycles. The molecule has 2 aliphatic rings. The standard InChI is InChI=1S/C20H16N2/c1-22-13-12-15(18-7-3-5-9-20(18)22)10-11-16-14-21-19-8-4-2-6-17(16)19/h2-14H,1H3. The van der Waals surface area contributed by atoms with Crippen molar-refractivity contribution >= 4 is 28.7 Å². The molecule has 2 aliphatic heterocycles. The quantitative estimate of drug-likeness (QED) is 0.732. The molecule has 106 valence electrons. The van der Waals surface area contributed by atoms with Crippen molar-refractivity contribution in [1.82, 2.24) is 0 Å². The van der Waals surface area contributed by atoms with E-state index in [2.05, 4.69) is 77.8 Å². The summed E-state index contributed by atoms with van der Waals surface area (Å²) in [7, 11) is 2.07. The molecule has 0 bridgehead atoms. The lowest BCUT2D eigenvalue weighted by atomic mass is 9.99. The Labute approximate surface area is 130 Å². The molecule has 22 heavy (non-hydrogen) atoms. The van der Waals surface area contributed by atoms with Crippen LogP contribution in [0.4, 0.5) is 11.4 Å². The van der Waals surface area contributed by atoms with Gasteiger partial charge >= 0.3 is 0 Å². The number of anilines is 1. The minimum Gasteiger partial charge on any atom is -0.351 e. The van der Waals surface area contributed by atoms with Crippen molar-refractivity contribution in [1.29, 1.82) is 0 Å². The second kappa shape index (κ2) is 5.15. The van der Waals surface area contributed by atoms with E-state index < -0.39 is 0 Å². The zero-order chi connectivity index (χ0) is 14.9. The third-order valence-corrected chi connectivity index (χ3v) is 4.07. The van der Waals surface area contributed by atoms with Crippen LogP contribution in [0.3, 0.4) is 0 Å². The number of hydrogen-bond acceptors (Lipinski definition) is 2. The maximum atomic E-state index is 4.45. The summed E-state index contributed by atoms with van der Waals surface area (Å²) < 4.78 is 0. The second-order valence-corrected chi connectivity index (χ2v) is 5.46. The molecule has 2 nitrogen and oxygen atoms in total. The van der Waals surface area contributed by atoms with Crippen LogP contribution in [0.1, 0.15) is 11.1 Å². The summed E-state index contributed by atoms with van der Waals surface area (Å²) in [5.74, 6) is 0. The lowest BCUT2D eigenvalue weighted by Gasteiger charge is -2.23. The average molecular weight is 284 g/mol. The van der Waals surface area contributed by atoms with Gasteiger partial charge in [-0.1, -0.05) is 48.6 Å². The topological polar surface area (TPSA) is 15.6 Å². The zero-order valence-electron chi connectivity index (χ0n) is 12.4. The van der Waals surface area contributed by atoms with Crippen molar-refractivity contribution in [2.75, 3.05) is 11.9 Å². The maximum Gasteiger partial charge on any atom is 0.0708 e. The Hall–Kier alpha value is -2.87. The van der Waals surface area contributed by atoms with Crippen LogP contribution in [0.15, 0.2) is 78.0 Å². The van der Waals surface area contributed by atoms with E-state index in [1.807, 2.05) is 18.3 Å². The van der Waals surface area contributed by atoms with Gasteiger partial charge in [0.2, 0.25) is 0 Å². The van der Waals surface area contributed by atoms with Crippen molar-refractivity contribution < 1.29 is 0 Å². The monoisotopic (exact) mass is 284 g/mol. The van der Waals surface area contributed by atoms with Gasteiger partial charge in [-0.15, -0.1) is 0 Å². The fraction of sp³-hybridized carbons (Fsp3) is 0.0500. The molecule has 0 N–H and O–H groups in total. The first-order valence-electron chi connectivity index (χ1n) is 7.39. The van der Waals surface area contributed by atoms with Crippen molar-refractivity contribution in [2.45, 2.75) is 0 Å². The van der Waals surface area contributed by atoms with Gasteiger partial charge in [0, 0.05) is 41.8 Å². The molecule has 0 amide bonds. The summed E-state index contributed by atoms with van der Waals surface area (Å²) in [6.07, 6.45) is 10.5. The molecule has 2 aromatic carbocycles. The number of rotatable bonds is 1. The van der Waals surface area contributed by atoms with E-state index in [-0.39, 0.29) is 0 Å². The van der Waals surface area contributed by atoms with Gasteiger partial charge in [-0.25, -0.2) is 0 Å². The smallest absolute Gasteiger partial charge is 0.0708 e. The number of nitrogens with zero attached hydrogens (tertiary/aromatic N) is 2. The van der Waals surface area contributed by atoms with Gasteiger partial charge < -0.3 is 4.90 Å². The van der Waals surface area contributed by atoms with Crippen LogP contribution >= 0.6 is 0 Å². The Morgan fingerprint density at radius 2 is 1.59 bits per heavy atom. The third-order valence-electron chi connectivity index (χ3n) is 4.07. The second-order valence-electron chi connectivity index (χ2n) is 5.46. The minimum absolute atomic E-state index is 1.05. The van der Waals surface area contributed by atoms with Crippen LogP contribution in [0, 0.1) is 0 Å². The van der Waals surface area contributed by atoms with Gasteiger partial charge in [-0.3, -0.25) is 4.99 Å². The first kappa shape index (κ1) is 12.8. The number of para-hydroxylation sites is 2. The molecule has 0 aliphatic carbocycles. The highest BCUT2D eigenvalue weighted by Gasteiger charge is 2.13. The molecule has 0 fully saturated rings. The number of fused-ring (bicyclic) bond motifs is 2. The number of aliphatic imine (C=N–C) groups is 1. The van der Waals surface area contributed by atoms with Crippen LogP contribution in [0.2, 0.25) is 0 Å². The van der Waals surface area contributed by atoms with Gasteiger partial charge in [0.25, 0.3) is 0 Å². The predicted octanol–water partition coefficient (Wildman–Crippen LogP) is 4.83. The molecule has 0 atom stereocenters. The number of benzene rings is 2. The molecule has 0 aromatic heterocycles. The molecule has 4 rings (SSSR count). The highest BCUT2D eigenvalue weighted by molar-refractivity contribution is 6.17. The van der Waals surface area contributed by atoms with Crippen molar-refractivity contribution in [2.24, 2.45) is 4.99 Å². The highest BCUT2D eigenvalue weighted by Crippen LogP contribution is 2.34. The summed E-state index contributed by atoms with van der Waals surface area (Å²) in [6.45, 7) is 0. The van der Waals surface area contributed by atoms with Gasteiger partial charge in [-0.05, 0) is 23.8 Å². The van der Waals surface area contributed by atoms with Crippen LogP contribution in [0.25, 0.3) is 11.1 Å². The van der Waals surface area contributed by atoms with Crippen molar-refractivity contribution in [3.8, 4) is 0 Å². The van der Waals surface area contributed by atoms with Gasteiger partial charge in [-0.2, -0.15) is 0 Å². The molecule has 2 heteroatoms. The lowest BCUT2D eigenvalue weighted by Crippen LogP contribution is -2.13. The Morgan fingerprint density at radius 3 is 2.50 bits per heavy atom. The molecular formula is C20H16N2. The summed E-state index contributed by atoms with van der Waals surface area (Å²) >= 11 is 0. The van der Waals surface area contributed by atoms with E-state index in [9.17, 15) is 0 Å². The molecule has 0 saturated heterocycles. The fourth-order valence-electron chi connectivity index (χ4n) is 2.88. The van der Waals surface area contributed by atoms with Crippen LogP contribution in [-0.4, -0.2) is 13.3 Å².